The first-order valence-electron chi connectivity index (χ1n) is 7.12. The number of pyridine rings is 1. The fraction of sp³-hybridized carbons (Fsp3) is 0.333. The SMILES string of the molecule is CC(C)CC(C)C(=O)c1ccc(-c2ccncc2)cc1. The molecule has 0 aliphatic rings. The summed E-state index contributed by atoms with van der Waals surface area (Å²) >= 11 is 0. The molecule has 0 spiro atoms. The van der Waals surface area contributed by atoms with Crippen LogP contribution in [0.5, 0.6) is 0 Å². The minimum absolute atomic E-state index is 0.0850. The van der Waals surface area contributed by atoms with Crippen molar-refractivity contribution in [2.45, 2.75) is 27.2 Å². The van der Waals surface area contributed by atoms with Crippen LogP contribution in [-0.2, 0) is 0 Å². The van der Waals surface area contributed by atoms with Crippen LogP contribution < -0.4 is 0 Å². The number of rotatable bonds is 5. The van der Waals surface area contributed by atoms with Gasteiger partial charge >= 0.3 is 0 Å². The third-order valence-electron chi connectivity index (χ3n) is 3.46. The lowest BCUT2D eigenvalue weighted by Crippen LogP contribution is -2.13. The summed E-state index contributed by atoms with van der Waals surface area (Å²) in [6.45, 7) is 6.31. The zero-order valence-electron chi connectivity index (χ0n) is 12.3. The second-order valence-electron chi connectivity index (χ2n) is 5.71. The number of hydrogen-bond acceptors (Lipinski definition) is 2. The first-order chi connectivity index (χ1) is 9.58. The van der Waals surface area contributed by atoms with E-state index >= 15 is 0 Å². The molecule has 0 fully saturated rings. The Balaban J connectivity index is 2.14. The average molecular weight is 267 g/mol. The summed E-state index contributed by atoms with van der Waals surface area (Å²) in [6.07, 6.45) is 4.49. The topological polar surface area (TPSA) is 30.0 Å². The molecule has 0 N–H and O–H groups in total. The molecule has 104 valence electrons. The molecule has 1 atom stereocenters. The van der Waals surface area contributed by atoms with Crippen molar-refractivity contribution in [2.75, 3.05) is 0 Å². The Bertz CT molecular complexity index is 558. The van der Waals surface area contributed by atoms with Crippen LogP contribution in [0.25, 0.3) is 11.1 Å². The summed E-state index contributed by atoms with van der Waals surface area (Å²) in [6, 6.07) is 11.8. The lowest BCUT2D eigenvalue weighted by Gasteiger charge is -2.13. The maximum absolute atomic E-state index is 12.3. The molecule has 1 heterocycles. The van der Waals surface area contributed by atoms with E-state index < -0.39 is 0 Å². The van der Waals surface area contributed by atoms with Crippen molar-refractivity contribution in [1.82, 2.24) is 4.98 Å². The highest BCUT2D eigenvalue weighted by Crippen LogP contribution is 2.21. The van der Waals surface area contributed by atoms with Crippen LogP contribution in [0.1, 0.15) is 37.6 Å². The summed E-state index contributed by atoms with van der Waals surface area (Å²) in [5.74, 6) is 0.867. The van der Waals surface area contributed by atoms with Gasteiger partial charge in [-0.1, -0.05) is 45.0 Å². The van der Waals surface area contributed by atoms with Gasteiger partial charge in [-0.3, -0.25) is 9.78 Å². The quantitative estimate of drug-likeness (QED) is 0.740. The second kappa shape index (κ2) is 6.47. The van der Waals surface area contributed by atoms with Crippen molar-refractivity contribution in [3.63, 3.8) is 0 Å². The molecule has 1 aromatic carbocycles. The van der Waals surface area contributed by atoms with Gasteiger partial charge in [0.2, 0.25) is 0 Å². The van der Waals surface area contributed by atoms with E-state index in [0.717, 1.165) is 23.1 Å². The summed E-state index contributed by atoms with van der Waals surface area (Å²) in [5, 5.41) is 0. The molecule has 0 bridgehead atoms. The maximum Gasteiger partial charge on any atom is 0.165 e. The highest BCUT2D eigenvalue weighted by atomic mass is 16.1. The summed E-state index contributed by atoms with van der Waals surface area (Å²) < 4.78 is 0. The Morgan fingerprint density at radius 3 is 2.05 bits per heavy atom. The molecule has 2 aromatic rings. The van der Waals surface area contributed by atoms with E-state index in [4.69, 9.17) is 0 Å². The van der Waals surface area contributed by atoms with E-state index in [1.807, 2.05) is 43.3 Å². The average Bonchev–Trinajstić information content (AvgIpc) is 2.47. The predicted molar refractivity (Wildman–Crippen MR) is 82.6 cm³/mol. The number of aromatic nitrogens is 1. The van der Waals surface area contributed by atoms with Gasteiger partial charge in [-0.15, -0.1) is 0 Å². The molecule has 20 heavy (non-hydrogen) atoms. The third kappa shape index (κ3) is 3.53. The van der Waals surface area contributed by atoms with Crippen LogP contribution in [-0.4, -0.2) is 10.8 Å². The number of benzene rings is 1. The fourth-order valence-electron chi connectivity index (χ4n) is 2.47. The Kier molecular flexibility index (Phi) is 4.67. The lowest BCUT2D eigenvalue weighted by atomic mass is 9.91. The van der Waals surface area contributed by atoms with Gasteiger partial charge in [-0.05, 0) is 35.6 Å². The predicted octanol–water partition coefficient (Wildman–Crippen LogP) is 4.61. The molecule has 1 aromatic heterocycles. The van der Waals surface area contributed by atoms with Crippen LogP contribution in [0, 0.1) is 11.8 Å². The van der Waals surface area contributed by atoms with Gasteiger partial charge < -0.3 is 0 Å². The van der Waals surface area contributed by atoms with Gasteiger partial charge in [-0.2, -0.15) is 0 Å². The molecular weight excluding hydrogens is 246 g/mol. The Labute approximate surface area is 120 Å². The summed E-state index contributed by atoms with van der Waals surface area (Å²) in [5.41, 5.74) is 3.03. The minimum Gasteiger partial charge on any atom is -0.294 e. The van der Waals surface area contributed by atoms with Crippen molar-refractivity contribution in [2.24, 2.45) is 11.8 Å². The van der Waals surface area contributed by atoms with Gasteiger partial charge in [0.1, 0.15) is 0 Å². The molecule has 2 rings (SSSR count). The van der Waals surface area contributed by atoms with E-state index in [1.165, 1.54) is 0 Å². The number of carbonyl (C=O) groups is 1. The Hall–Kier alpha value is -1.96. The fourth-order valence-corrected chi connectivity index (χ4v) is 2.47. The van der Waals surface area contributed by atoms with Crippen LogP contribution in [0.4, 0.5) is 0 Å². The van der Waals surface area contributed by atoms with Gasteiger partial charge in [0.15, 0.2) is 5.78 Å². The number of ketones is 1. The molecule has 0 saturated heterocycles. The zero-order valence-corrected chi connectivity index (χ0v) is 12.3. The summed E-state index contributed by atoms with van der Waals surface area (Å²) in [4.78, 5) is 16.3. The van der Waals surface area contributed by atoms with Crippen LogP contribution in [0.3, 0.4) is 0 Å². The van der Waals surface area contributed by atoms with Crippen molar-refractivity contribution < 1.29 is 4.79 Å². The van der Waals surface area contributed by atoms with E-state index in [1.54, 1.807) is 12.4 Å². The van der Waals surface area contributed by atoms with E-state index in [2.05, 4.69) is 18.8 Å². The third-order valence-corrected chi connectivity index (χ3v) is 3.46. The van der Waals surface area contributed by atoms with Crippen molar-refractivity contribution in [3.8, 4) is 11.1 Å². The first kappa shape index (κ1) is 14.4. The monoisotopic (exact) mass is 267 g/mol. The molecule has 1 unspecified atom stereocenters. The van der Waals surface area contributed by atoms with E-state index in [0.29, 0.717) is 5.92 Å². The number of carbonyl (C=O) groups excluding carboxylic acids is 1. The molecule has 0 radical (unpaired) electrons. The highest BCUT2D eigenvalue weighted by molar-refractivity contribution is 5.98. The standard InChI is InChI=1S/C18H21NO/c1-13(2)12-14(3)18(20)17-6-4-15(5-7-17)16-8-10-19-11-9-16/h4-11,13-14H,12H2,1-3H3. The molecule has 0 aliphatic carbocycles. The normalized spacial score (nSPS) is 12.4. The van der Waals surface area contributed by atoms with Crippen molar-refractivity contribution in [1.29, 1.82) is 0 Å². The maximum atomic E-state index is 12.3. The lowest BCUT2D eigenvalue weighted by molar-refractivity contribution is 0.0915. The first-order valence-corrected chi connectivity index (χ1v) is 7.12. The molecule has 0 saturated carbocycles. The van der Waals surface area contributed by atoms with Gasteiger partial charge in [0.25, 0.3) is 0 Å². The van der Waals surface area contributed by atoms with Crippen LogP contribution >= 0.6 is 0 Å². The number of hydrogen-bond donors (Lipinski definition) is 0. The number of Topliss-reactive ketones (excluding diaryl/α,β-unsaturated/α-hetero) is 1. The van der Waals surface area contributed by atoms with E-state index in [9.17, 15) is 4.79 Å². The Morgan fingerprint density at radius 2 is 1.50 bits per heavy atom. The largest absolute Gasteiger partial charge is 0.294 e. The molecular formula is C18H21NO. The molecule has 0 aliphatic heterocycles. The van der Waals surface area contributed by atoms with Crippen molar-refractivity contribution in [3.05, 3.63) is 54.4 Å². The molecule has 0 amide bonds. The van der Waals surface area contributed by atoms with Crippen molar-refractivity contribution >= 4 is 5.78 Å². The highest BCUT2D eigenvalue weighted by Gasteiger charge is 2.16. The minimum atomic E-state index is 0.0850. The smallest absolute Gasteiger partial charge is 0.165 e. The molecule has 2 heteroatoms. The second-order valence-corrected chi connectivity index (χ2v) is 5.71. The van der Waals surface area contributed by atoms with Gasteiger partial charge in [0.05, 0.1) is 0 Å². The number of nitrogens with zero attached hydrogens (tertiary/aromatic N) is 1. The van der Waals surface area contributed by atoms with Gasteiger partial charge in [-0.25, -0.2) is 0 Å². The molecule has 2 nitrogen and oxygen atoms in total. The van der Waals surface area contributed by atoms with E-state index in [-0.39, 0.29) is 11.7 Å². The summed E-state index contributed by atoms with van der Waals surface area (Å²) in [7, 11) is 0. The Morgan fingerprint density at radius 1 is 0.950 bits per heavy atom. The van der Waals surface area contributed by atoms with Gasteiger partial charge in [0, 0.05) is 23.9 Å². The van der Waals surface area contributed by atoms with Crippen LogP contribution in [0.15, 0.2) is 48.8 Å². The zero-order chi connectivity index (χ0) is 14.5. The van der Waals surface area contributed by atoms with Crippen LogP contribution in [0.2, 0.25) is 0 Å².